The van der Waals surface area contributed by atoms with Gasteiger partial charge in [0.1, 0.15) is 12.4 Å². The van der Waals surface area contributed by atoms with Crippen LogP contribution >= 0.6 is 0 Å². The van der Waals surface area contributed by atoms with Crippen molar-refractivity contribution in [2.75, 3.05) is 12.4 Å². The van der Waals surface area contributed by atoms with Crippen LogP contribution in [0.5, 0.6) is 11.5 Å². The van der Waals surface area contributed by atoms with Crippen LogP contribution in [0.15, 0.2) is 42.7 Å². The van der Waals surface area contributed by atoms with E-state index < -0.39 is 11.7 Å². The standard InChI is InChI=1S/C20H17F3N4O3/c1-29-17-7-11(12-8-18(28)26-19-13(12)9-25-27-19)4-5-16(17)30-10-15-14(20(21,22)23)3-2-6-24-15/h2-7,9,12H,8,10H2,1H3,(H2,25,26,27,28). The number of pyridine rings is 1. The molecule has 1 atom stereocenters. The van der Waals surface area contributed by atoms with Gasteiger partial charge in [0.25, 0.3) is 0 Å². The molecular formula is C20H17F3N4O3. The number of anilines is 1. The van der Waals surface area contributed by atoms with Gasteiger partial charge in [0, 0.05) is 24.1 Å². The minimum Gasteiger partial charge on any atom is -0.493 e. The van der Waals surface area contributed by atoms with Crippen LogP contribution < -0.4 is 14.8 Å². The van der Waals surface area contributed by atoms with Crippen molar-refractivity contribution in [3.8, 4) is 11.5 Å². The lowest BCUT2D eigenvalue weighted by atomic mass is 9.87. The molecule has 1 aliphatic rings. The Hall–Kier alpha value is -3.56. The third-order valence-corrected chi connectivity index (χ3v) is 4.85. The maximum absolute atomic E-state index is 13.1. The number of carbonyl (C=O) groups is 1. The molecule has 10 heteroatoms. The van der Waals surface area contributed by atoms with Crippen molar-refractivity contribution in [3.63, 3.8) is 0 Å². The number of aromatic amines is 1. The summed E-state index contributed by atoms with van der Waals surface area (Å²) in [6.45, 7) is -0.372. The SMILES string of the molecule is COc1cc(C2CC(=O)Nc3[nH]ncc32)ccc1OCc1ncccc1C(F)(F)F. The average molecular weight is 418 g/mol. The Morgan fingerprint density at radius 2 is 2.07 bits per heavy atom. The third-order valence-electron chi connectivity index (χ3n) is 4.85. The number of carbonyl (C=O) groups excluding carboxylic acids is 1. The van der Waals surface area contributed by atoms with E-state index in [1.54, 1.807) is 24.4 Å². The summed E-state index contributed by atoms with van der Waals surface area (Å²) >= 11 is 0. The number of H-pyrrole nitrogens is 1. The summed E-state index contributed by atoms with van der Waals surface area (Å²) in [4.78, 5) is 15.8. The van der Waals surface area contributed by atoms with Gasteiger partial charge in [0.2, 0.25) is 5.91 Å². The number of halogens is 3. The van der Waals surface area contributed by atoms with Crippen LogP contribution in [0.2, 0.25) is 0 Å². The Morgan fingerprint density at radius 1 is 1.23 bits per heavy atom. The highest BCUT2D eigenvalue weighted by molar-refractivity contribution is 5.94. The Morgan fingerprint density at radius 3 is 2.83 bits per heavy atom. The molecule has 30 heavy (non-hydrogen) atoms. The predicted molar refractivity (Wildman–Crippen MR) is 100 cm³/mol. The van der Waals surface area contributed by atoms with Crippen molar-refractivity contribution in [2.24, 2.45) is 0 Å². The number of rotatable bonds is 5. The Bertz CT molecular complexity index is 1080. The summed E-state index contributed by atoms with van der Waals surface area (Å²) in [7, 11) is 1.44. The molecule has 0 fully saturated rings. The Labute approximate surface area is 169 Å². The number of fused-ring (bicyclic) bond motifs is 1. The molecule has 3 heterocycles. The lowest BCUT2D eigenvalue weighted by Crippen LogP contribution is -2.23. The topological polar surface area (TPSA) is 89.1 Å². The summed E-state index contributed by atoms with van der Waals surface area (Å²) < 4.78 is 50.4. The first-order valence-corrected chi connectivity index (χ1v) is 9.01. The van der Waals surface area contributed by atoms with Crippen molar-refractivity contribution in [3.05, 3.63) is 65.1 Å². The normalized spacial score (nSPS) is 16.0. The number of nitrogens with zero attached hydrogens (tertiary/aromatic N) is 2. The van der Waals surface area contributed by atoms with Gasteiger partial charge < -0.3 is 14.8 Å². The van der Waals surface area contributed by atoms with Crippen LogP contribution in [0, 0.1) is 0 Å². The molecule has 2 aromatic heterocycles. The number of alkyl halides is 3. The molecule has 0 saturated carbocycles. The first kappa shape index (κ1) is 19.7. The molecule has 0 bridgehead atoms. The van der Waals surface area contributed by atoms with E-state index in [-0.39, 0.29) is 36.3 Å². The summed E-state index contributed by atoms with van der Waals surface area (Å²) in [5, 5.41) is 9.44. The van der Waals surface area contributed by atoms with Crippen molar-refractivity contribution >= 4 is 11.7 Å². The van der Waals surface area contributed by atoms with Crippen molar-refractivity contribution < 1.29 is 27.4 Å². The smallest absolute Gasteiger partial charge is 0.418 e. The third kappa shape index (κ3) is 3.80. The van der Waals surface area contributed by atoms with E-state index >= 15 is 0 Å². The molecule has 0 radical (unpaired) electrons. The molecule has 0 spiro atoms. The predicted octanol–water partition coefficient (Wildman–Crippen LogP) is 3.89. The zero-order chi connectivity index (χ0) is 21.3. The zero-order valence-electron chi connectivity index (χ0n) is 15.8. The van der Waals surface area contributed by atoms with Crippen LogP contribution in [-0.4, -0.2) is 28.2 Å². The highest BCUT2D eigenvalue weighted by atomic mass is 19.4. The molecule has 0 saturated heterocycles. The van der Waals surface area contributed by atoms with Crippen LogP contribution in [0.1, 0.15) is 34.7 Å². The second-order valence-corrected chi connectivity index (χ2v) is 6.70. The number of benzene rings is 1. The molecule has 3 aromatic rings. The fourth-order valence-corrected chi connectivity index (χ4v) is 3.42. The second-order valence-electron chi connectivity index (χ2n) is 6.70. The van der Waals surface area contributed by atoms with Crippen molar-refractivity contribution in [2.45, 2.75) is 25.1 Å². The zero-order valence-corrected chi connectivity index (χ0v) is 15.8. The molecule has 156 valence electrons. The molecule has 1 aromatic carbocycles. The number of methoxy groups -OCH3 is 1. The van der Waals surface area contributed by atoms with Gasteiger partial charge in [-0.15, -0.1) is 0 Å². The van der Waals surface area contributed by atoms with Gasteiger partial charge in [0.05, 0.1) is 24.6 Å². The van der Waals surface area contributed by atoms with Gasteiger partial charge in [0.15, 0.2) is 11.5 Å². The average Bonchev–Trinajstić information content (AvgIpc) is 3.19. The maximum atomic E-state index is 13.1. The quantitative estimate of drug-likeness (QED) is 0.656. The summed E-state index contributed by atoms with van der Waals surface area (Å²) in [6, 6.07) is 7.25. The van der Waals surface area contributed by atoms with E-state index in [1.165, 1.54) is 19.4 Å². The summed E-state index contributed by atoms with van der Waals surface area (Å²) in [5.41, 5.74) is 0.573. The fraction of sp³-hybridized carbons (Fsp3) is 0.250. The Balaban J connectivity index is 1.59. The lowest BCUT2D eigenvalue weighted by Gasteiger charge is -2.23. The second kappa shape index (κ2) is 7.69. The maximum Gasteiger partial charge on any atom is 0.418 e. The van der Waals surface area contributed by atoms with E-state index in [4.69, 9.17) is 9.47 Å². The molecule has 1 unspecified atom stereocenters. The molecule has 2 N–H and O–H groups in total. The van der Waals surface area contributed by atoms with E-state index in [9.17, 15) is 18.0 Å². The van der Waals surface area contributed by atoms with Crippen molar-refractivity contribution in [1.82, 2.24) is 15.2 Å². The highest BCUT2D eigenvalue weighted by Gasteiger charge is 2.34. The molecule has 0 aliphatic carbocycles. The van der Waals surface area contributed by atoms with Gasteiger partial charge in [-0.25, -0.2) is 0 Å². The number of hydrogen-bond donors (Lipinski definition) is 2. The van der Waals surface area contributed by atoms with Crippen LogP contribution in [0.4, 0.5) is 19.0 Å². The van der Waals surface area contributed by atoms with Gasteiger partial charge in [-0.2, -0.15) is 18.3 Å². The number of aromatic nitrogens is 3. The number of hydrogen-bond acceptors (Lipinski definition) is 5. The molecule has 1 aliphatic heterocycles. The van der Waals surface area contributed by atoms with E-state index in [2.05, 4.69) is 20.5 Å². The molecule has 7 nitrogen and oxygen atoms in total. The minimum absolute atomic E-state index is 0.147. The van der Waals surface area contributed by atoms with E-state index in [0.29, 0.717) is 11.6 Å². The van der Waals surface area contributed by atoms with Crippen molar-refractivity contribution in [1.29, 1.82) is 0 Å². The van der Waals surface area contributed by atoms with Gasteiger partial charge >= 0.3 is 6.18 Å². The lowest BCUT2D eigenvalue weighted by molar-refractivity contribution is -0.138. The number of ether oxygens (including phenoxy) is 2. The molecular weight excluding hydrogens is 401 g/mol. The highest BCUT2D eigenvalue weighted by Crippen LogP contribution is 2.39. The fourth-order valence-electron chi connectivity index (χ4n) is 3.42. The number of nitrogens with one attached hydrogen (secondary N) is 2. The summed E-state index contributed by atoms with van der Waals surface area (Å²) in [5.74, 6) is 0.778. The molecule has 4 rings (SSSR count). The first-order chi connectivity index (χ1) is 14.4. The first-order valence-electron chi connectivity index (χ1n) is 9.01. The van der Waals surface area contributed by atoms with Gasteiger partial charge in [-0.3, -0.25) is 14.9 Å². The Kier molecular flexibility index (Phi) is 5.06. The van der Waals surface area contributed by atoms with E-state index in [0.717, 1.165) is 17.2 Å². The van der Waals surface area contributed by atoms with Crippen LogP contribution in [0.25, 0.3) is 0 Å². The summed E-state index contributed by atoms with van der Waals surface area (Å²) in [6.07, 6.45) is -1.36. The minimum atomic E-state index is -4.52. The largest absolute Gasteiger partial charge is 0.493 e. The van der Waals surface area contributed by atoms with Gasteiger partial charge in [-0.1, -0.05) is 6.07 Å². The van der Waals surface area contributed by atoms with Crippen LogP contribution in [-0.2, 0) is 17.6 Å². The monoisotopic (exact) mass is 418 g/mol. The molecule has 1 amide bonds. The number of amides is 1. The van der Waals surface area contributed by atoms with E-state index in [1.807, 2.05) is 0 Å². The van der Waals surface area contributed by atoms with Gasteiger partial charge in [-0.05, 0) is 29.8 Å². The van der Waals surface area contributed by atoms with Crippen LogP contribution in [0.3, 0.4) is 0 Å².